The van der Waals surface area contributed by atoms with E-state index in [1.807, 2.05) is 31.2 Å². The van der Waals surface area contributed by atoms with Gasteiger partial charge in [-0.2, -0.15) is 0 Å². The van der Waals surface area contributed by atoms with Crippen molar-refractivity contribution in [3.8, 4) is 0 Å². The second-order valence-electron chi connectivity index (χ2n) is 2.40. The van der Waals surface area contributed by atoms with E-state index < -0.39 is 5.91 Å². The zero-order valence-electron chi connectivity index (χ0n) is 6.37. The fourth-order valence-corrected chi connectivity index (χ4v) is 0.902. The van der Waals surface area contributed by atoms with Gasteiger partial charge < -0.3 is 5.73 Å². The number of rotatable bonds is 2. The maximum Gasteiger partial charge on any atom is 0.226 e. The van der Waals surface area contributed by atoms with Gasteiger partial charge in [0.15, 0.2) is 0 Å². The van der Waals surface area contributed by atoms with E-state index in [-0.39, 0.29) is 0 Å². The number of amides is 1. The molecule has 57 valence electrons. The van der Waals surface area contributed by atoms with E-state index in [0.717, 1.165) is 11.1 Å². The van der Waals surface area contributed by atoms with Crippen LogP contribution >= 0.6 is 0 Å². The summed E-state index contributed by atoms with van der Waals surface area (Å²) in [5, 5.41) is 0. The standard InChI is InChI=1S/C9H10NO/c1-7-4-2-3-5-8(7)6-9(10)11/h2-6H,1H3,(H2,10,11). The lowest BCUT2D eigenvalue weighted by Crippen LogP contribution is -2.11. The minimum Gasteiger partial charge on any atom is -0.369 e. The molecule has 0 aliphatic carbocycles. The van der Waals surface area contributed by atoms with Crippen LogP contribution in [0.3, 0.4) is 0 Å². The normalized spacial score (nSPS) is 9.55. The number of primary amides is 1. The monoisotopic (exact) mass is 148 g/mol. The zero-order valence-corrected chi connectivity index (χ0v) is 6.37. The fraction of sp³-hybridized carbons (Fsp3) is 0.111. The molecular weight excluding hydrogens is 138 g/mol. The summed E-state index contributed by atoms with van der Waals surface area (Å²) >= 11 is 0. The summed E-state index contributed by atoms with van der Waals surface area (Å²) in [5.41, 5.74) is 6.95. The summed E-state index contributed by atoms with van der Waals surface area (Å²) in [6, 6.07) is 7.60. The Hall–Kier alpha value is -1.31. The molecule has 1 amide bonds. The zero-order chi connectivity index (χ0) is 8.27. The number of benzene rings is 1. The molecule has 0 aromatic heterocycles. The van der Waals surface area contributed by atoms with Gasteiger partial charge in [0.25, 0.3) is 0 Å². The Morgan fingerprint density at radius 2 is 2.09 bits per heavy atom. The lowest BCUT2D eigenvalue weighted by atomic mass is 10.1. The van der Waals surface area contributed by atoms with Crippen molar-refractivity contribution in [1.29, 1.82) is 0 Å². The van der Waals surface area contributed by atoms with Crippen molar-refractivity contribution >= 4 is 5.91 Å². The number of nitrogens with two attached hydrogens (primary N) is 1. The number of carbonyl (C=O) groups excluding carboxylic acids is 1. The minimum absolute atomic E-state index is 0.403. The van der Waals surface area contributed by atoms with Crippen molar-refractivity contribution in [2.45, 2.75) is 6.92 Å². The van der Waals surface area contributed by atoms with Gasteiger partial charge in [0, 0.05) is 0 Å². The van der Waals surface area contributed by atoms with Gasteiger partial charge in [-0.1, -0.05) is 24.3 Å². The second-order valence-corrected chi connectivity index (χ2v) is 2.40. The highest BCUT2D eigenvalue weighted by Gasteiger charge is 2.00. The van der Waals surface area contributed by atoms with Gasteiger partial charge in [-0.05, 0) is 18.1 Å². The predicted molar refractivity (Wildman–Crippen MR) is 43.8 cm³/mol. The third kappa shape index (κ3) is 2.08. The van der Waals surface area contributed by atoms with Crippen LogP contribution in [0.5, 0.6) is 0 Å². The first-order chi connectivity index (χ1) is 5.20. The summed E-state index contributed by atoms with van der Waals surface area (Å²) in [4.78, 5) is 10.5. The van der Waals surface area contributed by atoms with Gasteiger partial charge in [-0.15, -0.1) is 0 Å². The van der Waals surface area contributed by atoms with E-state index in [9.17, 15) is 4.79 Å². The highest BCUT2D eigenvalue weighted by Crippen LogP contribution is 2.08. The average Bonchev–Trinajstić information content (AvgIpc) is 1.93. The summed E-state index contributed by atoms with van der Waals surface area (Å²) in [7, 11) is 0. The number of carbonyl (C=O) groups is 1. The molecule has 1 aromatic rings. The Balaban J connectivity index is 2.86. The van der Waals surface area contributed by atoms with Crippen LogP contribution in [0.4, 0.5) is 0 Å². The van der Waals surface area contributed by atoms with E-state index in [1.165, 1.54) is 6.42 Å². The Labute approximate surface area is 66.0 Å². The largest absolute Gasteiger partial charge is 0.369 e. The second kappa shape index (κ2) is 3.19. The SMILES string of the molecule is Cc1ccccc1[CH]C(N)=O. The van der Waals surface area contributed by atoms with Crippen LogP contribution in [0, 0.1) is 13.3 Å². The maximum absolute atomic E-state index is 10.5. The van der Waals surface area contributed by atoms with Gasteiger partial charge >= 0.3 is 0 Å². The third-order valence-corrected chi connectivity index (χ3v) is 1.49. The molecule has 0 atom stereocenters. The van der Waals surface area contributed by atoms with Gasteiger partial charge in [0.2, 0.25) is 5.91 Å². The molecule has 0 aliphatic heterocycles. The summed E-state index contributed by atoms with van der Waals surface area (Å²) in [6.45, 7) is 1.94. The van der Waals surface area contributed by atoms with E-state index in [0.29, 0.717) is 0 Å². The highest BCUT2D eigenvalue weighted by atomic mass is 16.1. The molecule has 2 nitrogen and oxygen atoms in total. The van der Waals surface area contributed by atoms with Crippen molar-refractivity contribution in [1.82, 2.24) is 0 Å². The first-order valence-electron chi connectivity index (χ1n) is 3.40. The van der Waals surface area contributed by atoms with Crippen LogP contribution in [-0.2, 0) is 4.79 Å². The molecular formula is C9H10NO. The number of hydrogen-bond donors (Lipinski definition) is 1. The summed E-state index contributed by atoms with van der Waals surface area (Å²) in [5.74, 6) is -0.403. The fourth-order valence-electron chi connectivity index (χ4n) is 0.902. The molecule has 2 heteroatoms. The van der Waals surface area contributed by atoms with E-state index >= 15 is 0 Å². The van der Waals surface area contributed by atoms with E-state index in [2.05, 4.69) is 0 Å². The molecule has 1 radical (unpaired) electrons. The number of aryl methyl sites for hydroxylation is 1. The molecule has 0 heterocycles. The van der Waals surface area contributed by atoms with Crippen molar-refractivity contribution < 1.29 is 4.79 Å². The van der Waals surface area contributed by atoms with Crippen LogP contribution in [0.25, 0.3) is 0 Å². The number of hydrogen-bond acceptors (Lipinski definition) is 1. The average molecular weight is 148 g/mol. The summed E-state index contributed by atoms with van der Waals surface area (Å²) < 4.78 is 0. The van der Waals surface area contributed by atoms with E-state index in [1.54, 1.807) is 0 Å². The quantitative estimate of drug-likeness (QED) is 0.668. The molecule has 0 spiro atoms. The first-order valence-corrected chi connectivity index (χ1v) is 3.40. The molecule has 2 N–H and O–H groups in total. The van der Waals surface area contributed by atoms with Gasteiger partial charge in [-0.25, -0.2) is 0 Å². The third-order valence-electron chi connectivity index (χ3n) is 1.49. The van der Waals surface area contributed by atoms with Gasteiger partial charge in [-0.3, -0.25) is 4.79 Å². The lowest BCUT2D eigenvalue weighted by molar-refractivity contribution is -0.114. The molecule has 0 saturated heterocycles. The topological polar surface area (TPSA) is 43.1 Å². The van der Waals surface area contributed by atoms with Crippen LogP contribution in [-0.4, -0.2) is 5.91 Å². The van der Waals surface area contributed by atoms with Crippen LogP contribution in [0.15, 0.2) is 24.3 Å². The predicted octanol–water partition coefficient (Wildman–Crippen LogP) is 1.03. The van der Waals surface area contributed by atoms with E-state index in [4.69, 9.17) is 5.73 Å². The molecule has 0 fully saturated rings. The lowest BCUT2D eigenvalue weighted by Gasteiger charge is -1.99. The molecule has 0 aliphatic rings. The smallest absolute Gasteiger partial charge is 0.226 e. The Morgan fingerprint density at radius 1 is 1.45 bits per heavy atom. The van der Waals surface area contributed by atoms with Crippen LogP contribution in [0.1, 0.15) is 11.1 Å². The van der Waals surface area contributed by atoms with Crippen molar-refractivity contribution in [3.05, 3.63) is 41.8 Å². The van der Waals surface area contributed by atoms with Crippen LogP contribution < -0.4 is 5.73 Å². The van der Waals surface area contributed by atoms with Crippen LogP contribution in [0.2, 0.25) is 0 Å². The van der Waals surface area contributed by atoms with Gasteiger partial charge in [0.1, 0.15) is 0 Å². The molecule has 11 heavy (non-hydrogen) atoms. The Bertz CT molecular complexity index is 268. The van der Waals surface area contributed by atoms with Crippen molar-refractivity contribution in [2.75, 3.05) is 0 Å². The molecule has 1 aromatic carbocycles. The Morgan fingerprint density at radius 3 is 2.64 bits per heavy atom. The molecule has 0 bridgehead atoms. The highest BCUT2D eigenvalue weighted by molar-refractivity contribution is 5.87. The van der Waals surface area contributed by atoms with Crippen molar-refractivity contribution in [2.24, 2.45) is 5.73 Å². The van der Waals surface area contributed by atoms with Gasteiger partial charge in [0.05, 0.1) is 6.42 Å². The molecule has 0 saturated carbocycles. The van der Waals surface area contributed by atoms with Crippen molar-refractivity contribution in [3.63, 3.8) is 0 Å². The first kappa shape index (κ1) is 7.79. The Kier molecular flexibility index (Phi) is 2.26. The molecule has 1 rings (SSSR count). The molecule has 0 unspecified atom stereocenters. The minimum atomic E-state index is -0.403. The maximum atomic E-state index is 10.5. The summed E-state index contributed by atoms with van der Waals surface area (Å²) in [6.07, 6.45) is 1.43.